The summed E-state index contributed by atoms with van der Waals surface area (Å²) in [6.45, 7) is 9.78. The highest BCUT2D eigenvalue weighted by Crippen LogP contribution is 2.25. The largest absolute Gasteiger partial charge is 0.458 e. The van der Waals surface area contributed by atoms with Crippen LogP contribution in [0.5, 0.6) is 0 Å². The number of carbonyl (C=O) groups excluding carboxylic acids is 4. The van der Waals surface area contributed by atoms with Crippen molar-refractivity contribution >= 4 is 35.6 Å². The van der Waals surface area contributed by atoms with E-state index in [1.54, 1.807) is 65.8 Å². The number of hydrogen-bond donors (Lipinski definition) is 2. The van der Waals surface area contributed by atoms with Crippen LogP contribution in [0.15, 0.2) is 54.6 Å². The molecule has 2 rings (SSSR count). The van der Waals surface area contributed by atoms with E-state index in [2.05, 4.69) is 16.6 Å². The first-order valence-corrected chi connectivity index (χ1v) is 16.3. The molecule has 0 aromatic heterocycles. The van der Waals surface area contributed by atoms with E-state index in [9.17, 15) is 24.4 Å². The molecule has 11 heteroatoms. The summed E-state index contributed by atoms with van der Waals surface area (Å²) in [5.74, 6) is 0.973. The molecule has 3 amide bonds. The summed E-state index contributed by atoms with van der Waals surface area (Å²) < 4.78 is 11.0. The molecule has 0 bridgehead atoms. The second kappa shape index (κ2) is 17.3. The minimum absolute atomic E-state index is 0.118. The van der Waals surface area contributed by atoms with Crippen LogP contribution >= 0.6 is 11.8 Å². The minimum atomic E-state index is -1.36. The zero-order valence-electron chi connectivity index (χ0n) is 27.6. The Bertz CT molecular complexity index is 1420. The third-order valence-corrected chi connectivity index (χ3v) is 7.01. The van der Waals surface area contributed by atoms with Crippen LogP contribution < -0.4 is 10.6 Å². The Morgan fingerprint density at radius 2 is 1.52 bits per heavy atom. The van der Waals surface area contributed by atoms with Gasteiger partial charge in [-0.2, -0.15) is 17.0 Å². The van der Waals surface area contributed by atoms with Gasteiger partial charge in [0, 0.05) is 12.0 Å². The number of thioether (sulfide) groups is 1. The zero-order chi connectivity index (χ0) is 34.5. The highest BCUT2D eigenvalue weighted by atomic mass is 32.2. The third kappa shape index (κ3) is 12.5. The van der Waals surface area contributed by atoms with Crippen molar-refractivity contribution in [3.63, 3.8) is 0 Å². The van der Waals surface area contributed by atoms with E-state index >= 15 is 0 Å². The van der Waals surface area contributed by atoms with Crippen LogP contribution in [0.4, 0.5) is 4.79 Å². The van der Waals surface area contributed by atoms with Crippen LogP contribution in [0.1, 0.15) is 70.7 Å². The molecule has 0 radical (unpaired) electrons. The van der Waals surface area contributed by atoms with Gasteiger partial charge in [0.2, 0.25) is 11.8 Å². The molecule has 246 valence electrons. The lowest BCUT2D eigenvalue weighted by molar-refractivity contribution is -0.159. The second-order valence-electron chi connectivity index (χ2n) is 12.6. The molecule has 0 aliphatic heterocycles. The van der Waals surface area contributed by atoms with Crippen molar-refractivity contribution in [2.24, 2.45) is 0 Å². The van der Waals surface area contributed by atoms with Gasteiger partial charge in [-0.3, -0.25) is 9.59 Å². The van der Waals surface area contributed by atoms with E-state index < -0.39 is 59.7 Å². The highest BCUT2D eigenvalue weighted by Gasteiger charge is 2.38. The molecule has 46 heavy (non-hydrogen) atoms. The summed E-state index contributed by atoms with van der Waals surface area (Å²) in [6, 6.07) is 13.9. The van der Waals surface area contributed by atoms with E-state index in [4.69, 9.17) is 15.9 Å². The first kappa shape index (κ1) is 37.7. The van der Waals surface area contributed by atoms with Crippen molar-refractivity contribution in [3.05, 3.63) is 71.3 Å². The number of esters is 1. The summed E-state index contributed by atoms with van der Waals surface area (Å²) in [6.07, 6.45) is 6.92. The standard InChI is InChI=1S/C35H44N4O6S/c1-9-24-15-17-26(18-16-24)29(30(40)37-28(32(42)44-34(2,3)4)23-25-13-11-10-12-14-25)39(21-20-36)31(41)27(19-22-46-8)38-33(43)45-35(5,6)7/h1,10-18,27-29H,19,21-23H2,2-8H3,(H,37,40)(H,38,43). The molecule has 3 unspecified atom stereocenters. The molecular weight excluding hydrogens is 604 g/mol. The predicted octanol–water partition coefficient (Wildman–Crippen LogP) is 4.78. The van der Waals surface area contributed by atoms with Crippen LogP contribution in [-0.2, 0) is 30.3 Å². The molecule has 0 aliphatic carbocycles. The zero-order valence-corrected chi connectivity index (χ0v) is 28.4. The maximum Gasteiger partial charge on any atom is 0.408 e. The number of terminal acetylenes is 1. The van der Waals surface area contributed by atoms with Crippen molar-refractivity contribution in [1.29, 1.82) is 5.26 Å². The second-order valence-corrected chi connectivity index (χ2v) is 13.5. The smallest absolute Gasteiger partial charge is 0.408 e. The van der Waals surface area contributed by atoms with Gasteiger partial charge in [0.25, 0.3) is 0 Å². The number of benzene rings is 2. The first-order valence-electron chi connectivity index (χ1n) is 14.9. The van der Waals surface area contributed by atoms with Crippen LogP contribution in [-0.4, -0.2) is 70.6 Å². The number of hydrogen-bond acceptors (Lipinski definition) is 8. The number of amides is 3. The Morgan fingerprint density at radius 3 is 2.04 bits per heavy atom. The normalized spacial score (nSPS) is 13.2. The van der Waals surface area contributed by atoms with Gasteiger partial charge in [-0.15, -0.1) is 6.42 Å². The molecule has 2 N–H and O–H groups in total. The van der Waals surface area contributed by atoms with Crippen molar-refractivity contribution in [3.8, 4) is 18.4 Å². The quantitative estimate of drug-likeness (QED) is 0.180. The van der Waals surface area contributed by atoms with E-state index in [0.29, 0.717) is 16.9 Å². The number of alkyl carbamates (subject to hydrolysis) is 1. The van der Waals surface area contributed by atoms with Gasteiger partial charge >= 0.3 is 12.1 Å². The van der Waals surface area contributed by atoms with Gasteiger partial charge in [0.15, 0.2) is 0 Å². The maximum atomic E-state index is 14.3. The molecule has 0 fully saturated rings. The summed E-state index contributed by atoms with van der Waals surface area (Å²) in [7, 11) is 0. The number of rotatable bonds is 13. The monoisotopic (exact) mass is 648 g/mol. The van der Waals surface area contributed by atoms with Gasteiger partial charge in [-0.1, -0.05) is 48.4 Å². The molecule has 0 saturated heterocycles. The van der Waals surface area contributed by atoms with Crippen LogP contribution in [0.25, 0.3) is 0 Å². The van der Waals surface area contributed by atoms with Crippen molar-refractivity contribution < 1.29 is 28.7 Å². The molecule has 0 saturated carbocycles. The fourth-order valence-corrected chi connectivity index (χ4v) is 4.89. The van der Waals surface area contributed by atoms with Gasteiger partial charge in [-0.25, -0.2) is 9.59 Å². The lowest BCUT2D eigenvalue weighted by Gasteiger charge is -2.34. The molecule has 2 aromatic carbocycles. The maximum absolute atomic E-state index is 14.3. The van der Waals surface area contributed by atoms with E-state index in [-0.39, 0.29) is 12.8 Å². The fraction of sp³-hybridized carbons (Fsp3) is 0.457. The van der Waals surface area contributed by atoms with Crippen LogP contribution in [0.2, 0.25) is 0 Å². The third-order valence-electron chi connectivity index (χ3n) is 6.37. The van der Waals surface area contributed by atoms with E-state index in [1.165, 1.54) is 11.8 Å². The average Bonchev–Trinajstić information content (AvgIpc) is 2.97. The number of nitriles is 1. The number of carbonyl (C=O) groups is 4. The minimum Gasteiger partial charge on any atom is -0.458 e. The molecular formula is C35H44N4O6S. The van der Waals surface area contributed by atoms with E-state index in [0.717, 1.165) is 10.5 Å². The van der Waals surface area contributed by atoms with Crippen LogP contribution in [0.3, 0.4) is 0 Å². The Balaban J connectivity index is 2.59. The van der Waals surface area contributed by atoms with Gasteiger partial charge in [0.1, 0.15) is 35.9 Å². The Kier molecular flexibility index (Phi) is 14.2. The molecule has 0 spiro atoms. The fourth-order valence-electron chi connectivity index (χ4n) is 4.42. The molecule has 10 nitrogen and oxygen atoms in total. The van der Waals surface area contributed by atoms with Gasteiger partial charge in [0.05, 0.1) is 6.07 Å². The Hall–Kier alpha value is -4.48. The van der Waals surface area contributed by atoms with Gasteiger partial charge in [-0.05, 0) is 83.2 Å². The lowest BCUT2D eigenvalue weighted by Crippen LogP contribution is -2.55. The van der Waals surface area contributed by atoms with Crippen molar-refractivity contribution in [1.82, 2.24) is 15.5 Å². The summed E-state index contributed by atoms with van der Waals surface area (Å²) >= 11 is 1.47. The molecule has 0 aliphatic rings. The number of nitrogens with zero attached hydrogens (tertiary/aromatic N) is 2. The first-order chi connectivity index (χ1) is 21.6. The Labute approximate surface area is 276 Å². The van der Waals surface area contributed by atoms with Crippen LogP contribution in [0, 0.1) is 23.7 Å². The predicted molar refractivity (Wildman–Crippen MR) is 179 cm³/mol. The summed E-state index contributed by atoms with van der Waals surface area (Å²) in [5, 5.41) is 15.2. The van der Waals surface area contributed by atoms with Gasteiger partial charge < -0.3 is 25.0 Å². The number of ether oxygens (including phenoxy) is 2. The molecule has 0 heterocycles. The topological polar surface area (TPSA) is 138 Å². The summed E-state index contributed by atoms with van der Waals surface area (Å²) in [5.41, 5.74) is 0.0178. The summed E-state index contributed by atoms with van der Waals surface area (Å²) in [4.78, 5) is 55.6. The highest BCUT2D eigenvalue weighted by molar-refractivity contribution is 7.98. The Morgan fingerprint density at radius 1 is 0.913 bits per heavy atom. The molecule has 2 aromatic rings. The van der Waals surface area contributed by atoms with E-state index in [1.807, 2.05) is 42.7 Å². The lowest BCUT2D eigenvalue weighted by atomic mass is 9.99. The SMILES string of the molecule is C#Cc1ccc(C(C(=O)NC(Cc2ccccc2)C(=O)OC(C)(C)C)N(CC#N)C(=O)C(CCSC)NC(=O)OC(C)(C)C)cc1. The number of nitrogens with one attached hydrogen (secondary N) is 2. The molecule has 3 atom stereocenters. The van der Waals surface area contributed by atoms with Crippen molar-refractivity contribution in [2.75, 3.05) is 18.6 Å². The average molecular weight is 649 g/mol. The van der Waals surface area contributed by atoms with Crippen molar-refractivity contribution in [2.45, 2.75) is 83.7 Å².